The summed E-state index contributed by atoms with van der Waals surface area (Å²) in [6.07, 6.45) is 0. The van der Waals surface area contributed by atoms with E-state index in [0.717, 1.165) is 0 Å². The highest BCUT2D eigenvalue weighted by molar-refractivity contribution is 7.95. The van der Waals surface area contributed by atoms with Gasteiger partial charge in [-0.15, -0.1) is 0 Å². The first-order valence-electron chi connectivity index (χ1n) is 5.16. The van der Waals surface area contributed by atoms with Crippen LogP contribution in [0.4, 0.5) is 35.1 Å². The second kappa shape index (κ2) is 5.89. The van der Waals surface area contributed by atoms with Gasteiger partial charge in [0, 0.05) is 0 Å². The maximum atomic E-state index is 13.3. The molecule has 132 valence electrons. The number of rotatable bonds is 4. The Morgan fingerprint density at radius 3 is 1.35 bits per heavy atom. The van der Waals surface area contributed by atoms with Crippen molar-refractivity contribution in [3.05, 3.63) is 29.1 Å². The molecule has 14 heteroatoms. The van der Waals surface area contributed by atoms with Crippen molar-refractivity contribution in [1.29, 1.82) is 0 Å². The largest absolute Gasteiger partial charge is 0.497 e. The minimum absolute atomic E-state index is 2.03. The van der Waals surface area contributed by atoms with Crippen molar-refractivity contribution in [2.45, 2.75) is 10.4 Å². The maximum Gasteiger partial charge on any atom is 0.497 e. The van der Waals surface area contributed by atoms with Gasteiger partial charge in [0.25, 0.3) is 0 Å². The second-order valence-corrected chi connectivity index (χ2v) is 8.13. The van der Waals surface area contributed by atoms with Crippen molar-refractivity contribution >= 4 is 19.7 Å². The van der Waals surface area contributed by atoms with Gasteiger partial charge in [-0.3, -0.25) is 0 Å². The van der Waals surface area contributed by atoms with Crippen LogP contribution in [0.5, 0.6) is 0 Å². The van der Waals surface area contributed by atoms with Crippen molar-refractivity contribution in [2.75, 3.05) is 11.5 Å². The smallest absolute Gasteiger partial charge is 0.223 e. The van der Waals surface area contributed by atoms with Crippen LogP contribution in [0.3, 0.4) is 0 Å². The van der Waals surface area contributed by atoms with Gasteiger partial charge in [0.05, 0.1) is 11.5 Å². The van der Waals surface area contributed by atoms with E-state index in [9.17, 15) is 52.0 Å². The molecule has 0 saturated carbocycles. The van der Waals surface area contributed by atoms with Crippen molar-refractivity contribution in [1.82, 2.24) is 0 Å². The first kappa shape index (κ1) is 19.6. The zero-order chi connectivity index (χ0) is 18.4. The molecule has 1 rings (SSSR count). The van der Waals surface area contributed by atoms with E-state index in [2.05, 4.69) is 0 Å². The third-order valence-corrected chi connectivity index (χ3v) is 5.88. The first-order chi connectivity index (χ1) is 10.1. The quantitative estimate of drug-likeness (QED) is 0.341. The molecule has 0 aromatic heterocycles. The van der Waals surface area contributed by atoms with Crippen LogP contribution in [-0.2, 0) is 19.7 Å². The lowest BCUT2D eigenvalue weighted by Gasteiger charge is -2.10. The molecule has 0 spiro atoms. The number of benzene rings is 1. The summed E-state index contributed by atoms with van der Waals surface area (Å²) in [6, 6.07) is 0. The number of alkyl halides is 3. The molecular formula is C9H4F8O4S2. The molecular weight excluding hydrogens is 388 g/mol. The molecule has 1 aromatic rings. The fourth-order valence-electron chi connectivity index (χ4n) is 1.30. The minimum atomic E-state index is -5.98. The van der Waals surface area contributed by atoms with Gasteiger partial charge in [-0.2, -0.15) is 13.2 Å². The monoisotopic (exact) mass is 392 g/mol. The second-order valence-electron chi connectivity index (χ2n) is 3.98. The highest BCUT2D eigenvalue weighted by Crippen LogP contribution is 2.29. The van der Waals surface area contributed by atoms with Gasteiger partial charge in [-0.05, 0) is 0 Å². The lowest BCUT2D eigenvalue weighted by Crippen LogP contribution is -2.30. The van der Waals surface area contributed by atoms with E-state index >= 15 is 0 Å². The molecule has 0 aliphatic heterocycles. The third-order valence-electron chi connectivity index (χ3n) is 2.45. The molecule has 4 nitrogen and oxygen atoms in total. The van der Waals surface area contributed by atoms with E-state index in [1.807, 2.05) is 0 Å². The molecule has 0 unspecified atom stereocenters. The van der Waals surface area contributed by atoms with Crippen LogP contribution < -0.4 is 0 Å². The standard InChI is InChI=1S/C9H4F8O4S2/c10-3-4(11)6(13)8(7(14)5(3)12)22(18,19)1-2-23(20,21)9(15,16)17/h1-2H2. The van der Waals surface area contributed by atoms with Crippen molar-refractivity contribution < 1.29 is 52.0 Å². The Balaban J connectivity index is 3.38. The maximum absolute atomic E-state index is 13.3. The molecule has 0 heterocycles. The predicted molar refractivity (Wildman–Crippen MR) is 58.1 cm³/mol. The van der Waals surface area contributed by atoms with E-state index in [4.69, 9.17) is 0 Å². The number of halogens is 8. The Morgan fingerprint density at radius 2 is 1.00 bits per heavy atom. The molecule has 0 fully saturated rings. The zero-order valence-electron chi connectivity index (χ0n) is 10.4. The van der Waals surface area contributed by atoms with Crippen molar-refractivity contribution in [3.63, 3.8) is 0 Å². The van der Waals surface area contributed by atoms with Crippen LogP contribution in [0, 0.1) is 29.1 Å². The van der Waals surface area contributed by atoms with Crippen LogP contribution in [-0.4, -0.2) is 33.8 Å². The topological polar surface area (TPSA) is 68.3 Å². The normalized spacial score (nSPS) is 13.4. The molecule has 0 aliphatic carbocycles. The Bertz CT molecular complexity index is 812. The van der Waals surface area contributed by atoms with Crippen LogP contribution in [0.2, 0.25) is 0 Å². The van der Waals surface area contributed by atoms with E-state index < -0.39 is 70.7 Å². The van der Waals surface area contributed by atoms with Crippen molar-refractivity contribution in [2.24, 2.45) is 0 Å². The van der Waals surface area contributed by atoms with Gasteiger partial charge in [0.2, 0.25) is 15.7 Å². The summed E-state index contributed by atoms with van der Waals surface area (Å²) in [5, 5.41) is 0. The summed E-state index contributed by atoms with van der Waals surface area (Å²) in [6.45, 7) is 0. The van der Waals surface area contributed by atoms with Gasteiger partial charge < -0.3 is 0 Å². The third kappa shape index (κ3) is 3.57. The molecule has 0 amide bonds. The van der Waals surface area contributed by atoms with E-state index in [1.54, 1.807) is 0 Å². The molecule has 0 atom stereocenters. The predicted octanol–water partition coefficient (Wildman–Crippen LogP) is 2.09. The van der Waals surface area contributed by atoms with Crippen LogP contribution in [0.1, 0.15) is 0 Å². The zero-order valence-corrected chi connectivity index (χ0v) is 12.0. The summed E-state index contributed by atoms with van der Waals surface area (Å²) in [4.78, 5) is -2.40. The van der Waals surface area contributed by atoms with Gasteiger partial charge in [0.1, 0.15) is 4.90 Å². The first-order valence-corrected chi connectivity index (χ1v) is 8.47. The van der Waals surface area contributed by atoms with Gasteiger partial charge in [-0.1, -0.05) is 0 Å². The summed E-state index contributed by atoms with van der Waals surface area (Å²) in [7, 11) is -11.5. The Kier molecular flexibility index (Phi) is 5.02. The highest BCUT2D eigenvalue weighted by Gasteiger charge is 2.46. The fraction of sp³-hybridized carbons (Fsp3) is 0.333. The van der Waals surface area contributed by atoms with Crippen molar-refractivity contribution in [3.8, 4) is 0 Å². The van der Waals surface area contributed by atoms with Gasteiger partial charge >= 0.3 is 5.51 Å². The molecule has 0 radical (unpaired) electrons. The molecule has 0 aliphatic rings. The average Bonchev–Trinajstić information content (AvgIpc) is 2.40. The average molecular weight is 392 g/mol. The van der Waals surface area contributed by atoms with E-state index in [-0.39, 0.29) is 0 Å². The van der Waals surface area contributed by atoms with Crippen LogP contribution in [0.15, 0.2) is 4.90 Å². The Labute approximate surface area is 123 Å². The minimum Gasteiger partial charge on any atom is -0.223 e. The van der Waals surface area contributed by atoms with Gasteiger partial charge in [0.15, 0.2) is 33.1 Å². The summed E-state index contributed by atoms with van der Waals surface area (Å²) >= 11 is 0. The summed E-state index contributed by atoms with van der Waals surface area (Å²) in [5.74, 6) is -17.7. The molecule has 0 bridgehead atoms. The van der Waals surface area contributed by atoms with Crippen LogP contribution >= 0.6 is 0 Å². The SMILES string of the molecule is O=S(=O)(CCS(=O)(=O)C(F)(F)F)c1c(F)c(F)c(F)c(F)c1F. The summed E-state index contributed by atoms with van der Waals surface area (Å²) < 4.78 is 146. The Hall–Kier alpha value is -1.44. The molecule has 0 saturated heterocycles. The van der Waals surface area contributed by atoms with E-state index in [1.165, 1.54) is 0 Å². The number of hydrogen-bond donors (Lipinski definition) is 0. The van der Waals surface area contributed by atoms with E-state index in [0.29, 0.717) is 0 Å². The molecule has 1 aromatic carbocycles. The lowest BCUT2D eigenvalue weighted by atomic mass is 10.3. The summed E-state index contributed by atoms with van der Waals surface area (Å²) in [5.41, 5.74) is -5.85. The van der Waals surface area contributed by atoms with Crippen LogP contribution in [0.25, 0.3) is 0 Å². The number of hydrogen-bond acceptors (Lipinski definition) is 4. The molecule has 0 N–H and O–H groups in total. The van der Waals surface area contributed by atoms with Gasteiger partial charge in [-0.25, -0.2) is 38.8 Å². The lowest BCUT2D eigenvalue weighted by molar-refractivity contribution is -0.0434. The fourth-order valence-corrected chi connectivity index (χ4v) is 4.21. The Morgan fingerprint density at radius 1 is 0.652 bits per heavy atom. The number of sulfone groups is 2. The highest BCUT2D eigenvalue weighted by atomic mass is 32.2. The molecule has 23 heavy (non-hydrogen) atoms.